The molecular formula is C122H109BN4O2. The maximum atomic E-state index is 7.29. The van der Waals surface area contributed by atoms with Crippen LogP contribution in [0.25, 0.3) is 143 Å². The second-order valence-corrected chi connectivity index (χ2v) is 42.0. The van der Waals surface area contributed by atoms with Crippen molar-refractivity contribution in [3.63, 3.8) is 0 Å². The number of nitrogens with zero attached hydrogens (tertiary/aromatic N) is 4. The molecule has 2 atom stereocenters. The number of furan rings is 2. The van der Waals surface area contributed by atoms with Gasteiger partial charge in [0.1, 0.15) is 22.3 Å². The molecule has 0 aliphatic carbocycles. The van der Waals surface area contributed by atoms with Crippen LogP contribution in [0.3, 0.4) is 0 Å². The van der Waals surface area contributed by atoms with Crippen LogP contribution < -0.4 is 26.2 Å². The number of benzene rings is 16. The molecule has 2 unspecified atom stereocenters. The molecule has 4 aromatic heterocycles. The molecule has 2 aliphatic rings. The van der Waals surface area contributed by atoms with Crippen LogP contribution in [0.1, 0.15) is 156 Å². The predicted molar refractivity (Wildman–Crippen MR) is 551 cm³/mol. The Morgan fingerprint density at radius 3 is 1.22 bits per heavy atom. The molecular weight excluding hydrogens is 1560 g/mol. The van der Waals surface area contributed by atoms with Gasteiger partial charge in [-0.25, -0.2) is 0 Å². The van der Waals surface area contributed by atoms with E-state index in [-0.39, 0.29) is 39.7 Å². The van der Waals surface area contributed by atoms with Crippen molar-refractivity contribution < 1.29 is 8.83 Å². The fourth-order valence-corrected chi connectivity index (χ4v) is 21.5. The number of fused-ring (bicyclic) bond motifs is 16. The highest BCUT2D eigenvalue weighted by Crippen LogP contribution is 2.56. The molecule has 0 saturated heterocycles. The first-order valence-electron chi connectivity index (χ1n) is 46.1. The van der Waals surface area contributed by atoms with Crippen LogP contribution in [0.2, 0.25) is 0 Å². The van der Waals surface area contributed by atoms with Gasteiger partial charge in [0.2, 0.25) is 0 Å². The van der Waals surface area contributed by atoms with Gasteiger partial charge in [0.05, 0.1) is 33.3 Å². The summed E-state index contributed by atoms with van der Waals surface area (Å²) < 4.78 is 19.2. The number of hydrogen-bond donors (Lipinski definition) is 0. The third kappa shape index (κ3) is 13.3. The van der Waals surface area contributed by atoms with Crippen molar-refractivity contribution in [3.8, 4) is 55.9 Å². The van der Waals surface area contributed by atoms with Gasteiger partial charge >= 0.3 is 0 Å². The lowest BCUT2D eigenvalue weighted by Gasteiger charge is -2.53. The summed E-state index contributed by atoms with van der Waals surface area (Å²) in [5.74, 6) is -0.268. The van der Waals surface area contributed by atoms with Crippen molar-refractivity contribution in [2.45, 2.75) is 156 Å². The highest BCUT2D eigenvalue weighted by atomic mass is 16.3. The van der Waals surface area contributed by atoms with E-state index in [0.717, 1.165) is 128 Å². The quantitative estimate of drug-likeness (QED) is 0.0852. The fourth-order valence-electron chi connectivity index (χ4n) is 21.5. The van der Waals surface area contributed by atoms with Crippen LogP contribution in [0, 0.1) is 0 Å². The summed E-state index contributed by atoms with van der Waals surface area (Å²) in [5.41, 5.74) is 35.0. The van der Waals surface area contributed by atoms with E-state index in [2.05, 4.69) is 469 Å². The van der Waals surface area contributed by atoms with Crippen LogP contribution in [-0.4, -0.2) is 21.4 Å². The Labute approximate surface area is 758 Å². The number of rotatable bonds is 13. The normalized spacial score (nSPS) is 13.9. The predicted octanol–water partition coefficient (Wildman–Crippen LogP) is 31.6. The molecule has 632 valence electrons. The maximum absolute atomic E-state index is 7.29. The SMILES string of the molecule is C=CC(c1ccccc1)C(C)(Cc1ccccc1)N1c2cc(-n3c4cc(C(C)(C)C)ccc4c4ccc(C(C)(C)C)cc43)ccc2B2c3ccc(-n4c5cc(C(C)(C)C)ccc5c5ccc(C(C)(C)C)cc54)cc3N(c3c(-c4ccccc4)cc(C(C)(C)C)cc3-c3ccccc3)c3cc(-c4cc(-c5ccc6oc7ccccc7c6c5)c5oc6ccccc6c5c4)cc1c32. The van der Waals surface area contributed by atoms with E-state index in [0.29, 0.717) is 6.42 Å². The summed E-state index contributed by atoms with van der Waals surface area (Å²) in [6.07, 6.45) is 2.89. The van der Waals surface area contributed by atoms with Crippen LogP contribution in [0.4, 0.5) is 28.4 Å². The fraction of sp³-hybridized carbons (Fsp3) is 0.197. The number of para-hydroxylation sites is 2. The van der Waals surface area contributed by atoms with E-state index >= 15 is 0 Å². The Morgan fingerprint density at radius 2 is 0.729 bits per heavy atom. The molecule has 22 rings (SSSR count). The Kier molecular flexibility index (Phi) is 18.6. The van der Waals surface area contributed by atoms with Crippen LogP contribution in [-0.2, 0) is 33.5 Å². The van der Waals surface area contributed by atoms with Gasteiger partial charge in [-0.1, -0.05) is 334 Å². The first-order valence-corrected chi connectivity index (χ1v) is 46.1. The van der Waals surface area contributed by atoms with Crippen LogP contribution in [0.5, 0.6) is 0 Å². The van der Waals surface area contributed by atoms with E-state index in [1.807, 2.05) is 0 Å². The minimum atomic E-state index is -0.838. The van der Waals surface area contributed by atoms with Gasteiger partial charge in [0.15, 0.2) is 0 Å². The molecule has 0 saturated carbocycles. The van der Waals surface area contributed by atoms with Crippen molar-refractivity contribution in [3.05, 3.63) is 385 Å². The molecule has 0 radical (unpaired) electrons. The summed E-state index contributed by atoms with van der Waals surface area (Å²) in [6.45, 7) is 42.4. The zero-order valence-corrected chi connectivity index (χ0v) is 77.0. The van der Waals surface area contributed by atoms with Crippen LogP contribution in [0.15, 0.2) is 355 Å². The van der Waals surface area contributed by atoms with E-state index in [1.54, 1.807) is 0 Å². The number of anilines is 5. The zero-order valence-electron chi connectivity index (χ0n) is 77.0. The molecule has 16 aromatic carbocycles. The zero-order chi connectivity index (χ0) is 88.9. The number of aromatic nitrogens is 2. The van der Waals surface area contributed by atoms with Gasteiger partial charge in [-0.05, 0) is 233 Å². The molecule has 20 aromatic rings. The molecule has 0 spiro atoms. The standard InChI is InChI=1S/C122H109BN4O2/c1-18-100(78-41-29-22-30-42-78)122(17,74-75-35-23-19-24-36-75)127-108-73-88(125-105-70-84(119(8,9)10)50-56-91(105)92-57-51-85(71-106(92)125)120(11,12)13)53-59-102(108)123-101-58-52-87(124-103-68-82(117(2,3)4)48-54-89(103)90-55-49-83(69-104(90)124)118(5,6)7)72-107(101)126(115-95(76-37-25-20-26-38-76)66-86(121(14,15)16)67-96(115)77-39-27-21-28-40-77)109-64-81(65-110(127)114(109)123)80-62-97(116-99(63-80)94-44-32-34-46-112(94)129-116)79-47-60-113-98(61-79)93-43-31-33-45-111(93)128-113/h18-73,100H,1,74H2,2-17H3. The monoisotopic (exact) mass is 1670 g/mol. The summed E-state index contributed by atoms with van der Waals surface area (Å²) in [6, 6.07) is 128. The van der Waals surface area contributed by atoms with Crippen LogP contribution >= 0.6 is 0 Å². The molecule has 0 amide bonds. The van der Waals surface area contributed by atoms with Crippen molar-refractivity contribution in [2.24, 2.45) is 0 Å². The molecule has 0 bridgehead atoms. The third-order valence-electron chi connectivity index (χ3n) is 28.4. The van der Waals surface area contributed by atoms with Gasteiger partial charge in [0.25, 0.3) is 6.71 Å². The highest BCUT2D eigenvalue weighted by molar-refractivity contribution is 7.00. The average molecular weight is 1670 g/mol. The molecule has 0 N–H and O–H groups in total. The Balaban J connectivity index is 0.946. The minimum absolute atomic E-state index is 0.140. The Bertz CT molecular complexity index is 7760. The third-order valence-corrected chi connectivity index (χ3v) is 28.4. The second-order valence-electron chi connectivity index (χ2n) is 42.0. The first-order chi connectivity index (χ1) is 61.9. The largest absolute Gasteiger partial charge is 0.456 e. The van der Waals surface area contributed by atoms with E-state index in [9.17, 15) is 0 Å². The Hall–Kier alpha value is -13.9. The molecule has 6 heterocycles. The summed E-state index contributed by atoms with van der Waals surface area (Å²) >= 11 is 0. The van der Waals surface area contributed by atoms with Crippen molar-refractivity contribution in [1.82, 2.24) is 9.13 Å². The average Bonchev–Trinajstić information content (AvgIpc) is 0.832. The Morgan fingerprint density at radius 1 is 0.310 bits per heavy atom. The smallest absolute Gasteiger partial charge is 0.252 e. The number of hydrogen-bond acceptors (Lipinski definition) is 4. The lowest BCUT2D eigenvalue weighted by molar-refractivity contribution is 0.412. The van der Waals surface area contributed by atoms with Crippen molar-refractivity contribution in [1.29, 1.82) is 0 Å². The molecule has 6 nitrogen and oxygen atoms in total. The summed E-state index contributed by atoms with van der Waals surface area (Å²) in [5, 5.41) is 9.09. The molecule has 0 fully saturated rings. The molecule has 2 aliphatic heterocycles. The second kappa shape index (κ2) is 29.6. The lowest BCUT2D eigenvalue weighted by Crippen LogP contribution is -2.65. The van der Waals surface area contributed by atoms with Gasteiger partial charge in [-0.2, -0.15) is 0 Å². The maximum Gasteiger partial charge on any atom is 0.252 e. The van der Waals surface area contributed by atoms with Gasteiger partial charge in [-0.15, -0.1) is 6.58 Å². The summed E-state index contributed by atoms with van der Waals surface area (Å²) in [7, 11) is 0. The topological polar surface area (TPSA) is 42.6 Å². The molecule has 129 heavy (non-hydrogen) atoms. The lowest BCUT2D eigenvalue weighted by atomic mass is 9.33. The minimum Gasteiger partial charge on any atom is -0.456 e. The summed E-state index contributed by atoms with van der Waals surface area (Å²) in [4.78, 5) is 5.62. The van der Waals surface area contributed by atoms with Crippen molar-refractivity contribution in [2.75, 3.05) is 9.80 Å². The van der Waals surface area contributed by atoms with E-state index in [1.165, 1.54) is 98.9 Å². The van der Waals surface area contributed by atoms with E-state index < -0.39 is 5.54 Å². The molecule has 7 heteroatoms. The van der Waals surface area contributed by atoms with E-state index in [4.69, 9.17) is 15.4 Å². The highest BCUT2D eigenvalue weighted by Gasteiger charge is 2.51. The van der Waals surface area contributed by atoms with Gasteiger partial charge in [-0.3, -0.25) is 0 Å². The van der Waals surface area contributed by atoms with Crippen molar-refractivity contribution >= 4 is 139 Å². The first kappa shape index (κ1) is 80.9. The van der Waals surface area contributed by atoms with Gasteiger partial charge in [0, 0.05) is 99.8 Å². The van der Waals surface area contributed by atoms with Gasteiger partial charge < -0.3 is 27.8 Å².